The molecule has 0 saturated carbocycles. The first-order valence-corrected chi connectivity index (χ1v) is 6.09. The number of carbonyl (C=O) groups is 1. The molecule has 1 N–H and O–H groups in total. The summed E-state index contributed by atoms with van der Waals surface area (Å²) < 4.78 is -1.99. The van der Waals surface area contributed by atoms with E-state index in [9.17, 15) is 4.79 Å². The molecule has 7 heteroatoms. The van der Waals surface area contributed by atoms with Gasteiger partial charge in [-0.25, -0.2) is 0 Å². The van der Waals surface area contributed by atoms with Crippen LogP contribution in [-0.4, -0.2) is 9.58 Å². The van der Waals surface area contributed by atoms with Crippen molar-refractivity contribution in [1.82, 2.24) is 0 Å². The largest absolute Gasteiger partial charge is 0.360 e. The fraction of sp³-hybridized carbons (Fsp3) is 0.0909. The molecule has 3 nitrogen and oxygen atoms in total. The molecular formula is C11H6Cl4N2O. The molecule has 0 heterocycles. The fourth-order valence-electron chi connectivity index (χ4n) is 1.04. The number of carbonyl (C=O) groups excluding carboxylic acids is 1. The van der Waals surface area contributed by atoms with E-state index in [2.05, 4.69) is 5.32 Å². The number of ketones is 1. The Morgan fingerprint density at radius 3 is 2.61 bits per heavy atom. The standard InChI is InChI=1S/C11H6Cl4N2O/c12-8-1-2-9(7(5-8)6-16)17-4-3-10(18)11(13,14)15/h1-5,17H/b4-3-. The molecule has 0 spiro atoms. The lowest BCUT2D eigenvalue weighted by Gasteiger charge is -2.06. The summed E-state index contributed by atoms with van der Waals surface area (Å²) in [5, 5.41) is 12.1. The van der Waals surface area contributed by atoms with E-state index in [0.29, 0.717) is 16.3 Å². The van der Waals surface area contributed by atoms with Gasteiger partial charge in [0.2, 0.25) is 5.78 Å². The zero-order valence-electron chi connectivity index (χ0n) is 8.75. The Morgan fingerprint density at radius 2 is 2.06 bits per heavy atom. The molecule has 0 bridgehead atoms. The molecule has 0 aliphatic heterocycles. The Bertz CT molecular complexity index is 529. The molecule has 0 aliphatic rings. The minimum absolute atomic E-state index is 0.341. The van der Waals surface area contributed by atoms with E-state index in [4.69, 9.17) is 51.7 Å². The first-order chi connectivity index (χ1) is 8.34. The number of anilines is 1. The van der Waals surface area contributed by atoms with Crippen molar-refractivity contribution in [1.29, 1.82) is 5.26 Å². The minimum Gasteiger partial charge on any atom is -0.360 e. The number of nitrogens with zero attached hydrogens (tertiary/aromatic N) is 1. The molecule has 0 unspecified atom stereocenters. The molecule has 1 aromatic carbocycles. The molecular weight excluding hydrogens is 318 g/mol. The Kier molecular flexibility index (Phi) is 5.30. The van der Waals surface area contributed by atoms with Gasteiger partial charge in [-0.3, -0.25) is 4.79 Å². The molecule has 0 saturated heterocycles. The summed E-state index contributed by atoms with van der Waals surface area (Å²) in [6.07, 6.45) is 2.36. The van der Waals surface area contributed by atoms with E-state index in [1.54, 1.807) is 12.1 Å². The van der Waals surface area contributed by atoms with Gasteiger partial charge in [0.1, 0.15) is 6.07 Å². The van der Waals surface area contributed by atoms with E-state index in [1.165, 1.54) is 12.3 Å². The smallest absolute Gasteiger partial charge is 0.252 e. The lowest BCUT2D eigenvalue weighted by Crippen LogP contribution is -2.15. The Hall–Kier alpha value is -0.920. The van der Waals surface area contributed by atoms with Crippen molar-refractivity contribution in [3.05, 3.63) is 41.1 Å². The first-order valence-electron chi connectivity index (χ1n) is 4.58. The van der Waals surface area contributed by atoms with Gasteiger partial charge in [0, 0.05) is 17.3 Å². The Labute approximate surface area is 124 Å². The van der Waals surface area contributed by atoms with E-state index >= 15 is 0 Å². The number of alkyl halides is 3. The monoisotopic (exact) mass is 322 g/mol. The lowest BCUT2D eigenvalue weighted by atomic mass is 10.2. The quantitative estimate of drug-likeness (QED) is 0.673. The summed E-state index contributed by atoms with van der Waals surface area (Å²) in [6.45, 7) is 0. The number of halogens is 4. The van der Waals surface area contributed by atoms with Crippen LogP contribution >= 0.6 is 46.4 Å². The van der Waals surface area contributed by atoms with Gasteiger partial charge in [0.05, 0.1) is 11.3 Å². The minimum atomic E-state index is -1.99. The van der Waals surface area contributed by atoms with Gasteiger partial charge < -0.3 is 5.32 Å². The summed E-state index contributed by atoms with van der Waals surface area (Å²) >= 11 is 21.9. The first kappa shape index (κ1) is 15.1. The predicted octanol–water partition coefficient (Wildman–Crippen LogP) is 4.08. The number of benzene rings is 1. The highest BCUT2D eigenvalue weighted by molar-refractivity contribution is 6.77. The normalized spacial score (nSPS) is 11.3. The van der Waals surface area contributed by atoms with Crippen LogP contribution in [0.15, 0.2) is 30.5 Å². The van der Waals surface area contributed by atoms with E-state index in [0.717, 1.165) is 6.08 Å². The molecule has 0 radical (unpaired) electrons. The van der Waals surface area contributed by atoms with E-state index < -0.39 is 9.58 Å². The van der Waals surface area contributed by atoms with Crippen LogP contribution in [0.2, 0.25) is 5.02 Å². The van der Waals surface area contributed by atoms with Crippen LogP contribution in [0.4, 0.5) is 5.69 Å². The van der Waals surface area contributed by atoms with Crippen LogP contribution in [0.5, 0.6) is 0 Å². The van der Waals surface area contributed by atoms with Crippen molar-refractivity contribution in [3.8, 4) is 6.07 Å². The third-order valence-electron chi connectivity index (χ3n) is 1.86. The molecule has 0 fully saturated rings. The molecule has 0 amide bonds. The van der Waals surface area contributed by atoms with Crippen molar-refractivity contribution < 1.29 is 4.79 Å². The average Bonchev–Trinajstić information content (AvgIpc) is 2.29. The lowest BCUT2D eigenvalue weighted by molar-refractivity contribution is -0.113. The number of hydrogen-bond donors (Lipinski definition) is 1. The van der Waals surface area contributed by atoms with Crippen molar-refractivity contribution in [2.24, 2.45) is 0 Å². The second kappa shape index (κ2) is 6.31. The molecule has 1 aromatic rings. The summed E-state index contributed by atoms with van der Waals surface area (Å²) in [7, 11) is 0. The fourth-order valence-corrected chi connectivity index (χ4v) is 1.40. The average molecular weight is 324 g/mol. The topological polar surface area (TPSA) is 52.9 Å². The van der Waals surface area contributed by atoms with Crippen LogP contribution in [0.25, 0.3) is 0 Å². The van der Waals surface area contributed by atoms with Gasteiger partial charge in [-0.05, 0) is 18.2 Å². The molecule has 0 atom stereocenters. The summed E-state index contributed by atoms with van der Waals surface area (Å²) in [4.78, 5) is 11.3. The van der Waals surface area contributed by atoms with Gasteiger partial charge in [-0.2, -0.15) is 5.26 Å². The third kappa shape index (κ3) is 4.40. The zero-order chi connectivity index (χ0) is 13.8. The van der Waals surface area contributed by atoms with Crippen molar-refractivity contribution in [3.63, 3.8) is 0 Å². The molecule has 0 aromatic heterocycles. The molecule has 18 heavy (non-hydrogen) atoms. The molecule has 0 aliphatic carbocycles. The number of allylic oxidation sites excluding steroid dienone is 1. The Balaban J connectivity index is 2.79. The van der Waals surface area contributed by atoms with Gasteiger partial charge in [0.25, 0.3) is 3.79 Å². The summed E-state index contributed by atoms with van der Waals surface area (Å²) in [5.41, 5.74) is 0.837. The highest BCUT2D eigenvalue weighted by Crippen LogP contribution is 2.27. The number of rotatable bonds is 3. The summed E-state index contributed by atoms with van der Waals surface area (Å²) in [6, 6.07) is 6.66. The highest BCUT2D eigenvalue weighted by atomic mass is 35.6. The maximum atomic E-state index is 11.3. The van der Waals surface area contributed by atoms with Crippen LogP contribution in [0.1, 0.15) is 5.56 Å². The molecule has 94 valence electrons. The van der Waals surface area contributed by atoms with Crippen LogP contribution < -0.4 is 5.32 Å². The third-order valence-corrected chi connectivity index (χ3v) is 2.65. The SMILES string of the molecule is N#Cc1cc(Cl)ccc1N/C=C\C(=O)C(Cl)(Cl)Cl. The second-order valence-electron chi connectivity index (χ2n) is 3.14. The van der Waals surface area contributed by atoms with Crippen LogP contribution in [0, 0.1) is 11.3 Å². The predicted molar refractivity (Wildman–Crippen MR) is 74.2 cm³/mol. The Morgan fingerprint density at radius 1 is 1.39 bits per heavy atom. The molecule has 1 rings (SSSR count). The maximum Gasteiger partial charge on any atom is 0.252 e. The van der Waals surface area contributed by atoms with Gasteiger partial charge in [-0.1, -0.05) is 46.4 Å². The second-order valence-corrected chi connectivity index (χ2v) is 5.86. The van der Waals surface area contributed by atoms with E-state index in [1.807, 2.05) is 6.07 Å². The van der Waals surface area contributed by atoms with E-state index in [-0.39, 0.29) is 0 Å². The number of nitriles is 1. The maximum absolute atomic E-state index is 11.3. The van der Waals surface area contributed by atoms with Crippen molar-refractivity contribution >= 4 is 57.9 Å². The van der Waals surface area contributed by atoms with Gasteiger partial charge in [0.15, 0.2) is 0 Å². The zero-order valence-corrected chi connectivity index (χ0v) is 11.8. The summed E-state index contributed by atoms with van der Waals surface area (Å²) in [5.74, 6) is -0.688. The van der Waals surface area contributed by atoms with Gasteiger partial charge in [-0.15, -0.1) is 0 Å². The van der Waals surface area contributed by atoms with Crippen molar-refractivity contribution in [2.45, 2.75) is 3.79 Å². The number of nitrogens with one attached hydrogen (secondary N) is 1. The highest BCUT2D eigenvalue weighted by Gasteiger charge is 2.27. The number of hydrogen-bond acceptors (Lipinski definition) is 3. The van der Waals surface area contributed by atoms with Crippen LogP contribution in [0.3, 0.4) is 0 Å². The van der Waals surface area contributed by atoms with Gasteiger partial charge >= 0.3 is 0 Å². The van der Waals surface area contributed by atoms with Crippen LogP contribution in [-0.2, 0) is 4.79 Å². The van der Waals surface area contributed by atoms with Crippen molar-refractivity contribution in [2.75, 3.05) is 5.32 Å².